The molecule has 25 N–H and O–H groups in total. The molecule has 7 aliphatic rings. The summed E-state index contributed by atoms with van der Waals surface area (Å²) in [6.07, 6.45) is 11.3. The second-order valence-corrected chi connectivity index (χ2v) is 34.5. The van der Waals surface area contributed by atoms with Gasteiger partial charge in [-0.1, -0.05) is 59.8 Å². The number of piperidine rings is 2. The molecule has 3 aromatic carbocycles. The molecular formula is C92H133N23O21. The van der Waals surface area contributed by atoms with Crippen LogP contribution in [0.3, 0.4) is 0 Å². The lowest BCUT2D eigenvalue weighted by Crippen LogP contribution is -2.50. The zero-order chi connectivity index (χ0) is 99.6. The number of aromatic hydroxyl groups is 3. The number of aromatic nitrogens is 4. The third-order valence-electron chi connectivity index (χ3n) is 23.9. The number of hydrogen-bond donors (Lipinski definition) is 23. The van der Waals surface area contributed by atoms with E-state index in [1.807, 2.05) is 0 Å². The van der Waals surface area contributed by atoms with Crippen LogP contribution in [0, 0.1) is 47.3 Å². The summed E-state index contributed by atoms with van der Waals surface area (Å²) in [5.74, 6) is -7.63. The maximum absolute atomic E-state index is 14.7. The van der Waals surface area contributed by atoms with Gasteiger partial charge >= 0.3 is 11.8 Å². The topological polar surface area (TPSA) is 659 Å². The molecule has 5 aliphatic heterocycles. The number of benzene rings is 3. The first-order chi connectivity index (χ1) is 64.9. The van der Waals surface area contributed by atoms with E-state index >= 15 is 0 Å². The van der Waals surface area contributed by atoms with Crippen LogP contribution in [0.1, 0.15) is 165 Å². The van der Waals surface area contributed by atoms with Crippen LogP contribution in [-0.4, -0.2) is 326 Å². The van der Waals surface area contributed by atoms with Crippen LogP contribution in [0.4, 0.5) is 29.1 Å². The number of allylic oxidation sites excluding steroid dienone is 4. The average molecular weight is 1900 g/mol. The van der Waals surface area contributed by atoms with Gasteiger partial charge < -0.3 is 138 Å². The van der Waals surface area contributed by atoms with Crippen LogP contribution in [0.5, 0.6) is 23.0 Å². The highest BCUT2D eigenvalue weighted by Crippen LogP contribution is 2.51. The molecule has 136 heavy (non-hydrogen) atoms. The summed E-state index contributed by atoms with van der Waals surface area (Å²) in [5, 5.41) is 150. The van der Waals surface area contributed by atoms with Crippen LogP contribution >= 0.6 is 0 Å². The summed E-state index contributed by atoms with van der Waals surface area (Å²) >= 11 is 0. The maximum atomic E-state index is 14.7. The van der Waals surface area contributed by atoms with Crippen molar-refractivity contribution in [2.45, 2.75) is 144 Å². The number of methoxy groups -OCH3 is 1. The maximum Gasteiger partial charge on any atom is 0.312 e. The minimum absolute atomic E-state index is 0.00939. The molecule has 2 saturated heterocycles. The number of esters is 1. The van der Waals surface area contributed by atoms with Crippen LogP contribution in [-0.2, 0) is 23.8 Å². The molecule has 1 amide bonds. The Morgan fingerprint density at radius 1 is 0.684 bits per heavy atom. The number of aliphatic hydroxyl groups excluding tert-OH is 8. The standard InChI is InChI=1S/C46H62N4O11.C22H28N4O6.C19H31N7O4.C5H12N8/c1-22(2)21-50-18-16-46(17-19-50)48-34-31-32-39(54)28(8)42-33(31)43(56)45(10,61-42)59-20-15-30(58-11)25(5)41(60-29(9)51)27(7)38(53)26(6)37(52)23(3)13-12-14-24(4)44(57)47-36(40(32)55)35(34)49-46;27-11-9-23-5-7-25-13-1-2-14(26-8-6-24-10-12-28)18-17(13)21(31)19-15(29)3-4-16(30)20(19)22(18)32;27-10-6-25(7-11-28)18-20-14-15-16(22-18)17(24-4-2-1-3-5-24)23-19(21-15)26(8-12-29)9-13-30;1-3(11-13-5(8)9)2-10-12-4(6)7/h12-15,20,22-23,25-27,30,37-38,41,49,52-54H,16-19,21H2,1-11H3,(H,47,57);1-4,23-30H,5-12H2;14,27-30H,1-13H2;2H,1H3,(H4,6,7,12)(H4,8,9,13)/b13-12-,20-15-,24-14-;;;10-2+,11-3+/t23-,25-,26+,27+,30-,37-,38+,41-,45+;;;/m1.../s1. The Labute approximate surface area is 788 Å². The Balaban J connectivity index is 0.000000231. The van der Waals surface area contributed by atoms with Crippen molar-refractivity contribution in [2.24, 2.45) is 56.3 Å². The molecule has 2 aliphatic carbocycles. The number of anilines is 5. The Morgan fingerprint density at radius 2 is 1.26 bits per heavy atom. The van der Waals surface area contributed by atoms with E-state index in [9.17, 15) is 74.7 Å². The molecule has 742 valence electrons. The zero-order valence-electron chi connectivity index (χ0n) is 79.0. The average Bonchev–Trinajstić information content (AvgIpc) is 1.53. The van der Waals surface area contributed by atoms with Gasteiger partial charge in [0.2, 0.25) is 41.2 Å². The number of guanidine groups is 2. The smallest absolute Gasteiger partial charge is 0.312 e. The highest BCUT2D eigenvalue weighted by atomic mass is 16.7. The normalized spacial score (nSPS) is 22.3. The van der Waals surface area contributed by atoms with Crippen molar-refractivity contribution in [1.29, 1.82) is 10.8 Å². The molecule has 5 aromatic rings. The highest BCUT2D eigenvalue weighted by molar-refractivity contribution is 6.35. The highest BCUT2D eigenvalue weighted by Gasteiger charge is 2.55. The Kier molecular flexibility index (Phi) is 39.3. The van der Waals surface area contributed by atoms with Gasteiger partial charge in [0.15, 0.2) is 5.82 Å². The van der Waals surface area contributed by atoms with Gasteiger partial charge in [-0.15, -0.1) is 0 Å². The quantitative estimate of drug-likeness (QED) is 0.00763. The largest absolute Gasteiger partial charge is 0.507 e. The fraction of sp³-hybridized carbons (Fsp3) is 0.533. The number of nitrogens with one attached hydrogen (secondary N) is 10. The number of carbonyl (C=O) groups is 6. The van der Waals surface area contributed by atoms with E-state index in [2.05, 4.69) is 91.6 Å². The zero-order valence-corrected chi connectivity index (χ0v) is 79.0. The van der Waals surface area contributed by atoms with Gasteiger partial charge in [-0.25, -0.2) is 25.8 Å². The van der Waals surface area contributed by atoms with E-state index in [0.717, 1.165) is 45.6 Å². The number of ether oxygens (including phenoxy) is 4. The lowest BCUT2D eigenvalue weighted by Gasteiger charge is -2.38. The van der Waals surface area contributed by atoms with Gasteiger partial charge in [-0.05, 0) is 76.3 Å². The SMILES string of the molecule is CC(/C=N/NC(=N)N)=N\NC(=N)N.CO[C@@H]1/C=C\O[C@@]2(C)Oc3c(C)c(O)c4c(c3C2=O)C2=NC3(CCN(CC(C)C)CC3)NC2=C(NC(=O)/C(C)=C\C=C/[C@@H](C)[C@@H](O)[C@H](C)[C@H](O)[C@H](C)[C@H](OC(C)=O)[C@@H]1C)C4=O.O=C1c2c(O)ccc(O)c2C(=O)c2c(NCCNCCO)ccc(NCCNCCO)c21.OCCN(CCO)c1nc(N2CCCCC2)c2nc(N(CCO)CCO)ncc2n1. The monoisotopic (exact) mass is 1900 g/mol. The number of aliphatic hydroxyl groups is 8. The minimum atomic E-state index is -1.97. The summed E-state index contributed by atoms with van der Waals surface area (Å²) in [6, 6.07) is 5.74. The number of amides is 1. The van der Waals surface area contributed by atoms with E-state index in [4.69, 9.17) is 61.4 Å². The first-order valence-corrected chi connectivity index (χ1v) is 45.4. The molecule has 2 fully saturated rings. The summed E-state index contributed by atoms with van der Waals surface area (Å²) in [4.78, 5) is 114. The number of fused-ring (bicyclic) bond motifs is 6. The number of hydrazone groups is 2. The molecule has 1 spiro atoms. The van der Waals surface area contributed by atoms with Crippen molar-refractivity contribution in [3.63, 3.8) is 0 Å². The summed E-state index contributed by atoms with van der Waals surface area (Å²) in [6.45, 7) is 26.6. The van der Waals surface area contributed by atoms with Gasteiger partial charge in [-0.2, -0.15) is 15.2 Å². The first-order valence-electron chi connectivity index (χ1n) is 45.4. The van der Waals surface area contributed by atoms with E-state index in [1.54, 1.807) is 94.0 Å². The lowest BCUT2D eigenvalue weighted by molar-refractivity contribution is -0.160. The summed E-state index contributed by atoms with van der Waals surface area (Å²) in [5.41, 5.74) is 16.5. The van der Waals surface area contributed by atoms with Crippen molar-refractivity contribution in [1.82, 2.24) is 57.0 Å². The fourth-order valence-electron chi connectivity index (χ4n) is 16.9. The minimum Gasteiger partial charge on any atom is -0.507 e. The van der Waals surface area contributed by atoms with Crippen molar-refractivity contribution >= 4 is 105 Å². The number of aliphatic imine (C=N–C) groups is 1. The molecular weight excluding hydrogens is 1760 g/mol. The van der Waals surface area contributed by atoms with E-state index in [-0.39, 0.29) is 136 Å². The predicted octanol–water partition coefficient (Wildman–Crippen LogP) is 1.78. The number of ketones is 4. The molecule has 5 bridgehead atoms. The molecule has 44 nitrogen and oxygen atoms in total. The van der Waals surface area contributed by atoms with Gasteiger partial charge in [0, 0.05) is 184 Å². The molecule has 0 unspecified atom stereocenters. The number of carbonyl (C=O) groups excluding carboxylic acids is 6. The fourth-order valence-corrected chi connectivity index (χ4v) is 16.9. The van der Waals surface area contributed by atoms with Crippen molar-refractivity contribution in [3.05, 3.63) is 123 Å². The number of likely N-dealkylation sites (tertiary alicyclic amines) is 1. The number of nitrogens with two attached hydrogens (primary N) is 2. The Morgan fingerprint density at radius 3 is 1.79 bits per heavy atom. The van der Waals surface area contributed by atoms with Crippen LogP contribution in [0.25, 0.3) is 11.0 Å². The molecule has 7 heterocycles. The van der Waals surface area contributed by atoms with Crippen molar-refractivity contribution in [2.75, 3.05) is 170 Å². The van der Waals surface area contributed by atoms with Crippen molar-refractivity contribution in [3.8, 4) is 23.0 Å². The number of phenolic OH excluding ortho intramolecular Hbond substituents is 3. The third-order valence-corrected chi connectivity index (χ3v) is 23.9. The van der Waals surface area contributed by atoms with Crippen molar-refractivity contribution < 1.29 is 104 Å². The second-order valence-electron chi connectivity index (χ2n) is 34.5. The van der Waals surface area contributed by atoms with Gasteiger partial charge in [0.05, 0.1) is 127 Å². The van der Waals surface area contributed by atoms with E-state index < -0.39 is 100 Å². The van der Waals surface area contributed by atoms with Crippen LogP contribution in [0.2, 0.25) is 0 Å². The number of phenols is 3. The lowest BCUT2D eigenvalue weighted by atomic mass is 9.78. The third kappa shape index (κ3) is 26.2. The number of nitrogens with zero attached hydrogens (tertiary/aromatic N) is 11. The van der Waals surface area contributed by atoms with Gasteiger partial charge in [-0.3, -0.25) is 44.6 Å². The van der Waals surface area contributed by atoms with E-state index in [0.29, 0.717) is 130 Å². The van der Waals surface area contributed by atoms with E-state index in [1.165, 1.54) is 58.9 Å². The molecule has 9 atom stereocenters. The molecule has 12 rings (SSSR count). The summed E-state index contributed by atoms with van der Waals surface area (Å²) in [7, 11) is 1.46. The predicted molar refractivity (Wildman–Crippen MR) is 512 cm³/mol. The summed E-state index contributed by atoms with van der Waals surface area (Å²) < 4.78 is 24.0. The number of rotatable bonds is 30. The Hall–Kier alpha value is -12.5. The van der Waals surface area contributed by atoms with Gasteiger partial charge in [0.1, 0.15) is 51.5 Å². The molecule has 2 aromatic heterocycles. The molecule has 0 radical (unpaired) electrons. The van der Waals surface area contributed by atoms with Crippen LogP contribution < -0.4 is 73.7 Å². The second kappa shape index (κ2) is 49.9. The Bertz CT molecular complexity index is 5230. The molecule has 44 heteroatoms. The molecule has 0 saturated carbocycles. The van der Waals surface area contributed by atoms with Gasteiger partial charge in [0.25, 0.3) is 11.7 Å². The number of Topliss-reactive ketones (excluding diaryl/α,β-unsaturated/α-hetero) is 2. The number of hydrogen-bond acceptors (Lipinski definition) is 39. The first kappa shape index (κ1) is 107. The van der Waals surface area contributed by atoms with Crippen LogP contribution in [0.15, 0.2) is 93.2 Å².